The zero-order valence-electron chi connectivity index (χ0n) is 10.0. The van der Waals surface area contributed by atoms with Crippen molar-refractivity contribution in [3.05, 3.63) is 71.8 Å². The number of rotatable bonds is 5. The van der Waals surface area contributed by atoms with Crippen LogP contribution in [0.2, 0.25) is 0 Å². The Bertz CT molecular complexity index is 496. The minimum Gasteiger partial charge on any atom is -0.368 e. The second-order valence-electron chi connectivity index (χ2n) is 4.11. The number of hydrogen-bond donors (Lipinski definition) is 2. The summed E-state index contributed by atoms with van der Waals surface area (Å²) in [5, 5.41) is 3.18. The summed E-state index contributed by atoms with van der Waals surface area (Å²) in [6.07, 6.45) is 0. The van der Waals surface area contributed by atoms with E-state index < -0.39 is 6.04 Å². The van der Waals surface area contributed by atoms with Crippen LogP contribution in [0.4, 0.5) is 0 Å². The van der Waals surface area contributed by atoms with Crippen LogP contribution >= 0.6 is 0 Å². The van der Waals surface area contributed by atoms with Crippen molar-refractivity contribution in [3.8, 4) is 0 Å². The Morgan fingerprint density at radius 2 is 1.56 bits per heavy atom. The zero-order chi connectivity index (χ0) is 12.8. The van der Waals surface area contributed by atoms with Crippen molar-refractivity contribution in [2.24, 2.45) is 5.73 Å². The zero-order valence-corrected chi connectivity index (χ0v) is 10.0. The fourth-order valence-corrected chi connectivity index (χ4v) is 1.84. The van der Waals surface area contributed by atoms with Gasteiger partial charge in [0, 0.05) is 6.54 Å². The molecule has 0 spiro atoms. The molecule has 18 heavy (non-hydrogen) atoms. The van der Waals surface area contributed by atoms with Crippen LogP contribution in [-0.2, 0) is 11.3 Å². The van der Waals surface area contributed by atoms with Gasteiger partial charge >= 0.3 is 0 Å². The van der Waals surface area contributed by atoms with Crippen LogP contribution < -0.4 is 11.1 Å². The molecule has 2 aromatic carbocycles. The third-order valence-corrected chi connectivity index (χ3v) is 2.77. The van der Waals surface area contributed by atoms with E-state index in [4.69, 9.17) is 5.73 Å². The van der Waals surface area contributed by atoms with Gasteiger partial charge in [-0.25, -0.2) is 0 Å². The Kier molecular flexibility index (Phi) is 4.10. The van der Waals surface area contributed by atoms with Crippen LogP contribution in [0, 0.1) is 0 Å². The Balaban J connectivity index is 2.06. The summed E-state index contributed by atoms with van der Waals surface area (Å²) < 4.78 is 0. The normalized spacial score (nSPS) is 12.0. The van der Waals surface area contributed by atoms with Crippen molar-refractivity contribution >= 4 is 5.91 Å². The highest BCUT2D eigenvalue weighted by atomic mass is 16.1. The molecule has 1 atom stereocenters. The first-order valence-electron chi connectivity index (χ1n) is 5.89. The first-order valence-corrected chi connectivity index (χ1v) is 5.89. The Hall–Kier alpha value is -2.13. The standard InChI is InChI=1S/C15H16N2O/c16-15(18)14(13-9-5-2-6-10-13)17-11-12-7-3-1-4-8-12/h1-10,14,17H,11H2,(H2,16,18)/t14-/m1/s1. The van der Waals surface area contributed by atoms with Crippen LogP contribution in [0.1, 0.15) is 17.2 Å². The average molecular weight is 240 g/mol. The largest absolute Gasteiger partial charge is 0.368 e. The monoisotopic (exact) mass is 240 g/mol. The minimum absolute atomic E-state index is 0.364. The van der Waals surface area contributed by atoms with Crippen molar-refractivity contribution in [2.75, 3.05) is 0 Å². The third-order valence-electron chi connectivity index (χ3n) is 2.77. The van der Waals surface area contributed by atoms with E-state index in [1.165, 1.54) is 0 Å². The lowest BCUT2D eigenvalue weighted by atomic mass is 10.1. The molecule has 0 radical (unpaired) electrons. The van der Waals surface area contributed by atoms with E-state index in [2.05, 4.69) is 5.32 Å². The van der Waals surface area contributed by atoms with Crippen LogP contribution in [0.5, 0.6) is 0 Å². The van der Waals surface area contributed by atoms with Gasteiger partial charge in [0.2, 0.25) is 5.91 Å². The maximum Gasteiger partial charge on any atom is 0.239 e. The van der Waals surface area contributed by atoms with Crippen molar-refractivity contribution < 1.29 is 4.79 Å². The highest BCUT2D eigenvalue weighted by Crippen LogP contribution is 2.12. The van der Waals surface area contributed by atoms with Gasteiger partial charge in [0.15, 0.2) is 0 Å². The summed E-state index contributed by atoms with van der Waals surface area (Å²) in [6.45, 7) is 0.614. The molecule has 0 aliphatic carbocycles. The number of primary amides is 1. The summed E-state index contributed by atoms with van der Waals surface area (Å²) in [4.78, 5) is 11.5. The minimum atomic E-state index is -0.452. The van der Waals surface area contributed by atoms with Crippen LogP contribution in [0.15, 0.2) is 60.7 Å². The number of amides is 1. The summed E-state index contributed by atoms with van der Waals surface area (Å²) in [5.74, 6) is -0.364. The van der Waals surface area contributed by atoms with E-state index in [-0.39, 0.29) is 5.91 Å². The lowest BCUT2D eigenvalue weighted by molar-refractivity contribution is -0.120. The molecule has 2 rings (SSSR count). The fourth-order valence-electron chi connectivity index (χ4n) is 1.84. The van der Waals surface area contributed by atoms with Crippen molar-refractivity contribution in [3.63, 3.8) is 0 Å². The number of hydrogen-bond acceptors (Lipinski definition) is 2. The first kappa shape index (κ1) is 12.3. The molecule has 3 heteroatoms. The number of nitrogens with two attached hydrogens (primary N) is 1. The molecule has 0 bridgehead atoms. The lowest BCUT2D eigenvalue weighted by Crippen LogP contribution is -2.33. The molecule has 0 aliphatic heterocycles. The molecule has 92 valence electrons. The highest BCUT2D eigenvalue weighted by Gasteiger charge is 2.16. The molecule has 1 amide bonds. The van der Waals surface area contributed by atoms with Crippen molar-refractivity contribution in [2.45, 2.75) is 12.6 Å². The van der Waals surface area contributed by atoms with Crippen LogP contribution in [0.3, 0.4) is 0 Å². The predicted octanol–water partition coefficient (Wildman–Crippen LogP) is 2.00. The van der Waals surface area contributed by atoms with Gasteiger partial charge in [-0.1, -0.05) is 60.7 Å². The molecule has 3 N–H and O–H groups in total. The summed E-state index contributed by atoms with van der Waals surface area (Å²) in [5.41, 5.74) is 7.45. The fraction of sp³-hybridized carbons (Fsp3) is 0.133. The molecular weight excluding hydrogens is 224 g/mol. The average Bonchev–Trinajstić information content (AvgIpc) is 2.41. The van der Waals surface area contributed by atoms with Gasteiger partial charge in [-0.15, -0.1) is 0 Å². The number of benzene rings is 2. The molecule has 0 fully saturated rings. The van der Waals surface area contributed by atoms with E-state index in [1.54, 1.807) is 0 Å². The quantitative estimate of drug-likeness (QED) is 0.840. The smallest absolute Gasteiger partial charge is 0.239 e. The topological polar surface area (TPSA) is 55.1 Å². The van der Waals surface area contributed by atoms with Gasteiger partial charge in [-0.2, -0.15) is 0 Å². The summed E-state index contributed by atoms with van der Waals surface area (Å²) in [6, 6.07) is 19.0. The van der Waals surface area contributed by atoms with Crippen molar-refractivity contribution in [1.29, 1.82) is 0 Å². The van der Waals surface area contributed by atoms with E-state index >= 15 is 0 Å². The number of carbonyl (C=O) groups is 1. The van der Waals surface area contributed by atoms with Gasteiger partial charge in [0.1, 0.15) is 6.04 Å². The van der Waals surface area contributed by atoms with E-state index in [0.29, 0.717) is 6.54 Å². The molecular formula is C15H16N2O. The first-order chi connectivity index (χ1) is 8.77. The molecule has 0 unspecified atom stereocenters. The summed E-state index contributed by atoms with van der Waals surface area (Å²) in [7, 11) is 0. The van der Waals surface area contributed by atoms with Gasteiger partial charge < -0.3 is 5.73 Å². The summed E-state index contributed by atoms with van der Waals surface area (Å²) >= 11 is 0. The molecule has 3 nitrogen and oxygen atoms in total. The molecule has 0 heterocycles. The Morgan fingerprint density at radius 3 is 2.11 bits per heavy atom. The maximum absolute atomic E-state index is 11.5. The van der Waals surface area contributed by atoms with Crippen LogP contribution in [0.25, 0.3) is 0 Å². The highest BCUT2D eigenvalue weighted by molar-refractivity contribution is 5.81. The lowest BCUT2D eigenvalue weighted by Gasteiger charge is -2.15. The van der Waals surface area contributed by atoms with E-state index in [0.717, 1.165) is 11.1 Å². The maximum atomic E-state index is 11.5. The number of nitrogens with one attached hydrogen (secondary N) is 1. The second-order valence-corrected chi connectivity index (χ2v) is 4.11. The molecule has 0 aromatic heterocycles. The number of carbonyl (C=O) groups excluding carboxylic acids is 1. The SMILES string of the molecule is NC(=O)[C@H](NCc1ccccc1)c1ccccc1. The second kappa shape index (κ2) is 5.98. The van der Waals surface area contributed by atoms with E-state index in [1.807, 2.05) is 60.7 Å². The van der Waals surface area contributed by atoms with Crippen LogP contribution in [-0.4, -0.2) is 5.91 Å². The van der Waals surface area contributed by atoms with Gasteiger partial charge in [0.05, 0.1) is 0 Å². The van der Waals surface area contributed by atoms with Gasteiger partial charge in [-0.3, -0.25) is 10.1 Å². The predicted molar refractivity (Wildman–Crippen MR) is 71.7 cm³/mol. The Morgan fingerprint density at radius 1 is 1.00 bits per heavy atom. The van der Waals surface area contributed by atoms with Gasteiger partial charge in [0.25, 0.3) is 0 Å². The van der Waals surface area contributed by atoms with Crippen molar-refractivity contribution in [1.82, 2.24) is 5.32 Å². The molecule has 0 saturated heterocycles. The molecule has 0 saturated carbocycles. The van der Waals surface area contributed by atoms with Gasteiger partial charge in [-0.05, 0) is 11.1 Å². The van der Waals surface area contributed by atoms with E-state index in [9.17, 15) is 4.79 Å². The molecule has 0 aliphatic rings. The third kappa shape index (κ3) is 3.18. The Labute approximate surface area is 107 Å². The molecule has 2 aromatic rings.